The molecule has 0 unspecified atom stereocenters. The van der Waals surface area contributed by atoms with Crippen LogP contribution in [0.4, 0.5) is 4.39 Å². The van der Waals surface area contributed by atoms with E-state index in [0.29, 0.717) is 24.2 Å². The molecule has 3 nitrogen and oxygen atoms in total. The maximum absolute atomic E-state index is 13.8. The lowest BCUT2D eigenvalue weighted by Crippen LogP contribution is -2.41. The van der Waals surface area contributed by atoms with Gasteiger partial charge in [-0.25, -0.2) is 4.39 Å². The Hall–Kier alpha value is -1.44. The minimum absolute atomic E-state index is 0.107. The monoisotopic (exact) mass is 277 g/mol. The second-order valence-electron chi connectivity index (χ2n) is 5.49. The van der Waals surface area contributed by atoms with Gasteiger partial charge in [0.05, 0.1) is 5.56 Å². The molecule has 0 saturated carbocycles. The van der Waals surface area contributed by atoms with Gasteiger partial charge in [0.1, 0.15) is 11.9 Å². The first-order valence-corrected chi connectivity index (χ1v) is 7.11. The fourth-order valence-electron chi connectivity index (χ4n) is 2.35. The van der Waals surface area contributed by atoms with Crippen LogP contribution in [0, 0.1) is 17.1 Å². The van der Waals surface area contributed by atoms with Crippen molar-refractivity contribution < 1.29 is 4.39 Å². The highest BCUT2D eigenvalue weighted by molar-refractivity contribution is 5.34. The van der Waals surface area contributed by atoms with Crippen LogP contribution in [-0.4, -0.2) is 30.1 Å². The van der Waals surface area contributed by atoms with Crippen molar-refractivity contribution in [3.8, 4) is 6.07 Å². The van der Waals surface area contributed by atoms with E-state index in [9.17, 15) is 4.39 Å². The zero-order chi connectivity index (χ0) is 15.1. The minimum Gasteiger partial charge on any atom is -0.311 e. The number of benzene rings is 1. The highest BCUT2D eigenvalue weighted by atomic mass is 19.1. The molecule has 0 saturated heterocycles. The fourth-order valence-corrected chi connectivity index (χ4v) is 2.35. The molecule has 0 atom stereocenters. The van der Waals surface area contributed by atoms with Gasteiger partial charge in [0.2, 0.25) is 0 Å². The first-order chi connectivity index (χ1) is 9.47. The largest absolute Gasteiger partial charge is 0.311 e. The summed E-state index contributed by atoms with van der Waals surface area (Å²) in [4.78, 5) is 2.38. The molecule has 0 fully saturated rings. The Balaban J connectivity index is 2.48. The van der Waals surface area contributed by atoms with Gasteiger partial charge in [-0.1, -0.05) is 12.1 Å². The van der Waals surface area contributed by atoms with Gasteiger partial charge in [-0.05, 0) is 33.8 Å². The lowest BCUT2D eigenvalue weighted by Gasteiger charge is -2.30. The van der Waals surface area contributed by atoms with Crippen LogP contribution in [0.2, 0.25) is 0 Å². The molecule has 4 heteroatoms. The number of nitrogens with zero attached hydrogens (tertiary/aromatic N) is 2. The van der Waals surface area contributed by atoms with E-state index in [2.05, 4.69) is 37.9 Å². The lowest BCUT2D eigenvalue weighted by molar-refractivity contribution is 0.175. The minimum atomic E-state index is -0.410. The molecule has 0 aliphatic carbocycles. The van der Waals surface area contributed by atoms with Crippen LogP contribution in [0.25, 0.3) is 0 Å². The second kappa shape index (κ2) is 7.98. The number of nitriles is 1. The zero-order valence-electron chi connectivity index (χ0n) is 12.8. The van der Waals surface area contributed by atoms with E-state index in [1.165, 1.54) is 6.07 Å². The van der Waals surface area contributed by atoms with Gasteiger partial charge in [-0.3, -0.25) is 4.90 Å². The molecular weight excluding hydrogens is 253 g/mol. The van der Waals surface area contributed by atoms with Gasteiger partial charge < -0.3 is 5.32 Å². The van der Waals surface area contributed by atoms with Crippen LogP contribution in [0.1, 0.15) is 38.8 Å². The second-order valence-corrected chi connectivity index (χ2v) is 5.49. The molecular formula is C16H24FN3. The Morgan fingerprint density at radius 2 is 1.90 bits per heavy atom. The van der Waals surface area contributed by atoms with E-state index >= 15 is 0 Å². The van der Waals surface area contributed by atoms with E-state index in [1.807, 2.05) is 6.07 Å². The van der Waals surface area contributed by atoms with Crippen molar-refractivity contribution in [2.45, 2.75) is 46.3 Å². The van der Waals surface area contributed by atoms with Gasteiger partial charge in [0.15, 0.2) is 0 Å². The Kier molecular flexibility index (Phi) is 6.63. The third-order valence-electron chi connectivity index (χ3n) is 3.39. The summed E-state index contributed by atoms with van der Waals surface area (Å²) in [5, 5.41) is 12.0. The van der Waals surface area contributed by atoms with E-state index in [0.717, 1.165) is 13.1 Å². The summed E-state index contributed by atoms with van der Waals surface area (Å²) >= 11 is 0. The predicted octanol–water partition coefficient (Wildman–Crippen LogP) is 2.91. The smallest absolute Gasteiger partial charge is 0.145 e. The number of nitrogens with one attached hydrogen (secondary N) is 1. The van der Waals surface area contributed by atoms with Crippen LogP contribution in [0.3, 0.4) is 0 Å². The molecule has 0 radical (unpaired) electrons. The molecule has 1 N–H and O–H groups in total. The van der Waals surface area contributed by atoms with Crippen LogP contribution in [0.15, 0.2) is 18.2 Å². The summed E-state index contributed by atoms with van der Waals surface area (Å²) in [7, 11) is 0. The molecule has 1 rings (SSSR count). The summed E-state index contributed by atoms with van der Waals surface area (Å²) in [6, 6.07) is 7.78. The highest BCUT2D eigenvalue weighted by Crippen LogP contribution is 2.11. The number of hydrogen-bond acceptors (Lipinski definition) is 3. The van der Waals surface area contributed by atoms with Crippen molar-refractivity contribution in [1.29, 1.82) is 5.26 Å². The molecule has 0 spiro atoms. The van der Waals surface area contributed by atoms with Crippen molar-refractivity contribution in [3.05, 3.63) is 35.1 Å². The first-order valence-electron chi connectivity index (χ1n) is 7.11. The standard InChI is InChI=1S/C16H24FN3/c1-12(2)20(13(3)4)9-8-19-11-15-7-5-6-14(10-18)16(15)17/h5-7,12-13,19H,8-9,11H2,1-4H3. The number of hydrogen-bond donors (Lipinski definition) is 1. The molecule has 0 amide bonds. The summed E-state index contributed by atoms with van der Waals surface area (Å²) < 4.78 is 13.8. The Morgan fingerprint density at radius 1 is 1.25 bits per heavy atom. The molecule has 110 valence electrons. The van der Waals surface area contributed by atoms with Crippen molar-refractivity contribution in [2.24, 2.45) is 0 Å². The summed E-state index contributed by atoms with van der Waals surface area (Å²) in [6.07, 6.45) is 0. The van der Waals surface area contributed by atoms with Crippen LogP contribution < -0.4 is 5.32 Å². The van der Waals surface area contributed by atoms with Crippen LogP contribution >= 0.6 is 0 Å². The van der Waals surface area contributed by atoms with Crippen molar-refractivity contribution in [1.82, 2.24) is 10.2 Å². The maximum Gasteiger partial charge on any atom is 0.145 e. The zero-order valence-corrected chi connectivity index (χ0v) is 12.8. The van der Waals surface area contributed by atoms with Gasteiger partial charge in [-0.15, -0.1) is 0 Å². The van der Waals surface area contributed by atoms with Gasteiger partial charge in [0, 0.05) is 37.3 Å². The molecule has 1 aromatic carbocycles. The summed E-state index contributed by atoms with van der Waals surface area (Å²) in [5.41, 5.74) is 0.653. The van der Waals surface area contributed by atoms with E-state index in [1.54, 1.807) is 12.1 Å². The Morgan fingerprint density at radius 3 is 2.45 bits per heavy atom. The van der Waals surface area contributed by atoms with Gasteiger partial charge in [-0.2, -0.15) is 5.26 Å². The SMILES string of the molecule is CC(C)N(CCNCc1cccc(C#N)c1F)C(C)C. The van der Waals surface area contributed by atoms with E-state index < -0.39 is 5.82 Å². The van der Waals surface area contributed by atoms with E-state index in [4.69, 9.17) is 5.26 Å². The van der Waals surface area contributed by atoms with Crippen molar-refractivity contribution in [2.75, 3.05) is 13.1 Å². The van der Waals surface area contributed by atoms with Gasteiger partial charge >= 0.3 is 0 Å². The average Bonchev–Trinajstić information content (AvgIpc) is 2.39. The van der Waals surface area contributed by atoms with Crippen molar-refractivity contribution >= 4 is 0 Å². The normalized spacial score (nSPS) is 11.3. The lowest BCUT2D eigenvalue weighted by atomic mass is 10.1. The topological polar surface area (TPSA) is 39.1 Å². The fraction of sp³-hybridized carbons (Fsp3) is 0.562. The predicted molar refractivity (Wildman–Crippen MR) is 79.8 cm³/mol. The molecule has 0 bridgehead atoms. The summed E-state index contributed by atoms with van der Waals surface area (Å²) in [6.45, 7) is 10.9. The Labute approximate surface area is 121 Å². The quantitative estimate of drug-likeness (QED) is 0.779. The number of rotatable bonds is 7. The molecule has 0 aliphatic heterocycles. The third-order valence-corrected chi connectivity index (χ3v) is 3.39. The molecule has 0 aliphatic rings. The van der Waals surface area contributed by atoms with Crippen LogP contribution in [0.5, 0.6) is 0 Å². The molecule has 1 aromatic rings. The first kappa shape index (κ1) is 16.6. The highest BCUT2D eigenvalue weighted by Gasteiger charge is 2.12. The molecule has 0 heterocycles. The van der Waals surface area contributed by atoms with E-state index in [-0.39, 0.29) is 5.56 Å². The average molecular weight is 277 g/mol. The number of halogens is 1. The van der Waals surface area contributed by atoms with Gasteiger partial charge in [0.25, 0.3) is 0 Å². The summed E-state index contributed by atoms with van der Waals surface area (Å²) in [5.74, 6) is -0.410. The maximum atomic E-state index is 13.8. The molecule has 20 heavy (non-hydrogen) atoms. The van der Waals surface area contributed by atoms with Crippen molar-refractivity contribution in [3.63, 3.8) is 0 Å². The van der Waals surface area contributed by atoms with Crippen LogP contribution in [-0.2, 0) is 6.54 Å². The third kappa shape index (κ3) is 4.59. The Bertz CT molecular complexity index is 455. The molecule has 0 aromatic heterocycles.